The Morgan fingerprint density at radius 2 is 1.95 bits per heavy atom. The van der Waals surface area contributed by atoms with E-state index in [1.54, 1.807) is 69.9 Å². The summed E-state index contributed by atoms with van der Waals surface area (Å²) in [5.74, 6) is -0.676. The summed E-state index contributed by atoms with van der Waals surface area (Å²) in [5.41, 5.74) is 0.858. The van der Waals surface area contributed by atoms with Crippen molar-refractivity contribution in [2.75, 3.05) is 0 Å². The van der Waals surface area contributed by atoms with Gasteiger partial charge >= 0.3 is 5.56 Å². The topological polar surface area (TPSA) is 128 Å². The molecule has 2 aromatic carbocycles. The van der Waals surface area contributed by atoms with E-state index in [1.807, 2.05) is 0 Å². The number of aryl methyl sites for hydroxylation is 2. The zero-order valence-electron chi connectivity index (χ0n) is 23.8. The van der Waals surface area contributed by atoms with Crippen LogP contribution < -0.4 is 15.6 Å². The quantitative estimate of drug-likeness (QED) is 0.395. The van der Waals surface area contributed by atoms with Crippen LogP contribution in [-0.4, -0.2) is 39.0 Å². The number of benzene rings is 2. The number of carbonyl (C=O) groups is 2. The summed E-state index contributed by atoms with van der Waals surface area (Å²) >= 11 is 0. The number of nitrogens with one attached hydrogen (secondary N) is 2. The van der Waals surface area contributed by atoms with Crippen molar-refractivity contribution >= 4 is 11.8 Å². The van der Waals surface area contributed by atoms with Gasteiger partial charge in [-0.3, -0.25) is 14.4 Å². The van der Waals surface area contributed by atoms with Crippen LogP contribution in [0.1, 0.15) is 73.3 Å². The molecule has 0 aliphatic carbocycles. The van der Waals surface area contributed by atoms with Crippen molar-refractivity contribution in [1.82, 2.24) is 20.4 Å². The first-order chi connectivity index (χ1) is 19.4. The van der Waals surface area contributed by atoms with Gasteiger partial charge in [-0.25, -0.2) is 9.49 Å². The number of aromatic nitrogens is 2. The molecule has 1 fully saturated rings. The van der Waals surface area contributed by atoms with Crippen LogP contribution in [0.2, 0.25) is 0 Å². The molecular formula is C31H34FN5O4. The second kappa shape index (κ2) is 11.9. The first-order valence-electron chi connectivity index (χ1n) is 13.6. The van der Waals surface area contributed by atoms with Gasteiger partial charge in [0.2, 0.25) is 5.91 Å². The molecule has 1 unspecified atom stereocenters. The number of aromatic amines is 1. The fourth-order valence-electron chi connectivity index (χ4n) is 5.28. The van der Waals surface area contributed by atoms with Crippen molar-refractivity contribution in [2.45, 2.75) is 72.0 Å². The highest BCUT2D eigenvalue weighted by Crippen LogP contribution is 2.43. The molecule has 0 bridgehead atoms. The normalized spacial score (nSPS) is 17.5. The van der Waals surface area contributed by atoms with Gasteiger partial charge in [0.1, 0.15) is 17.6 Å². The average Bonchev–Trinajstić information content (AvgIpc) is 3.40. The van der Waals surface area contributed by atoms with Crippen LogP contribution in [0.25, 0.3) is 0 Å². The molecule has 0 spiro atoms. The van der Waals surface area contributed by atoms with Gasteiger partial charge in [-0.05, 0) is 88.4 Å². The number of carbonyl (C=O) groups excluding carboxylic acids is 2. The number of halogens is 1. The number of likely N-dealkylation sites (tertiary alicyclic amines) is 1. The summed E-state index contributed by atoms with van der Waals surface area (Å²) in [4.78, 5) is 41.0. The third-order valence-electron chi connectivity index (χ3n) is 7.56. The Labute approximate surface area is 238 Å². The summed E-state index contributed by atoms with van der Waals surface area (Å²) in [5, 5.41) is 18.9. The Balaban J connectivity index is 1.57. The lowest BCUT2D eigenvalue weighted by Gasteiger charge is -2.38. The standard InChI is InChI=1S/C31H34FN5O4/c1-6-23(30(40)37-24(20-8-7-9-22(32)16-20)11-13-27(37)31(4,5)17-33)34-28(38)21-10-12-25(18(2)14-21)41-26-15-19(3)35-36-29(26)39/h7-10,12,14-16,23-24,27H,6,11,13H2,1-5H3,(H,34,38)(H,36,39)/t23?,24-,27+/m0/s1. The maximum absolute atomic E-state index is 14.1. The second-order valence-electron chi connectivity index (χ2n) is 11.0. The highest BCUT2D eigenvalue weighted by molar-refractivity contribution is 5.98. The molecule has 1 aromatic heterocycles. The molecule has 1 aliphatic heterocycles. The Bertz CT molecular complexity index is 1560. The van der Waals surface area contributed by atoms with Crippen LogP contribution in [0.3, 0.4) is 0 Å². The largest absolute Gasteiger partial charge is 0.451 e. The molecule has 2 amide bonds. The van der Waals surface area contributed by atoms with Crippen LogP contribution in [0.4, 0.5) is 4.39 Å². The summed E-state index contributed by atoms with van der Waals surface area (Å²) in [7, 11) is 0. The molecule has 1 saturated heterocycles. The number of nitrogens with zero attached hydrogens (tertiary/aromatic N) is 3. The molecule has 41 heavy (non-hydrogen) atoms. The van der Waals surface area contributed by atoms with Gasteiger partial charge in [0.15, 0.2) is 5.75 Å². The van der Waals surface area contributed by atoms with E-state index in [9.17, 15) is 24.0 Å². The first kappa shape index (κ1) is 29.5. The molecule has 0 radical (unpaired) electrons. The Morgan fingerprint density at radius 1 is 1.20 bits per heavy atom. The number of amides is 2. The highest BCUT2D eigenvalue weighted by Gasteiger charge is 2.47. The zero-order chi connectivity index (χ0) is 29.9. The third-order valence-corrected chi connectivity index (χ3v) is 7.56. The molecule has 0 saturated carbocycles. The monoisotopic (exact) mass is 559 g/mol. The molecule has 4 rings (SSSR count). The second-order valence-corrected chi connectivity index (χ2v) is 11.0. The fraction of sp³-hybridized carbons (Fsp3) is 0.387. The molecule has 1 aliphatic rings. The van der Waals surface area contributed by atoms with Crippen molar-refractivity contribution in [3.8, 4) is 17.6 Å². The summed E-state index contributed by atoms with van der Waals surface area (Å²) in [6.07, 6.45) is 1.48. The van der Waals surface area contributed by atoms with Crippen LogP contribution in [0.15, 0.2) is 53.3 Å². The Morgan fingerprint density at radius 3 is 2.61 bits per heavy atom. The van der Waals surface area contributed by atoms with E-state index in [0.29, 0.717) is 47.4 Å². The van der Waals surface area contributed by atoms with Gasteiger partial charge < -0.3 is 15.0 Å². The summed E-state index contributed by atoms with van der Waals surface area (Å²) < 4.78 is 19.9. The first-order valence-corrected chi connectivity index (χ1v) is 13.6. The molecule has 214 valence electrons. The zero-order valence-corrected chi connectivity index (χ0v) is 23.8. The van der Waals surface area contributed by atoms with Crippen LogP contribution in [0.5, 0.6) is 11.5 Å². The number of rotatable bonds is 8. The molecule has 9 nitrogen and oxygen atoms in total. The minimum Gasteiger partial charge on any atom is -0.451 e. The van der Waals surface area contributed by atoms with Crippen molar-refractivity contribution in [3.63, 3.8) is 0 Å². The van der Waals surface area contributed by atoms with Crippen molar-refractivity contribution < 1.29 is 18.7 Å². The highest BCUT2D eigenvalue weighted by atomic mass is 19.1. The Hall–Kier alpha value is -4.52. The van der Waals surface area contributed by atoms with Crippen molar-refractivity contribution in [1.29, 1.82) is 5.26 Å². The number of hydrogen-bond donors (Lipinski definition) is 2. The smallest absolute Gasteiger partial charge is 0.307 e. The number of ether oxygens (including phenoxy) is 1. The van der Waals surface area contributed by atoms with Crippen LogP contribution >= 0.6 is 0 Å². The van der Waals surface area contributed by atoms with E-state index in [2.05, 4.69) is 21.6 Å². The van der Waals surface area contributed by atoms with E-state index in [0.717, 1.165) is 0 Å². The maximum atomic E-state index is 14.1. The lowest BCUT2D eigenvalue weighted by Crippen LogP contribution is -2.53. The SMILES string of the molecule is CCC(NC(=O)c1ccc(Oc2cc(C)n[nH]c2=O)c(C)c1)C(=O)N1[C@H](c2cccc(F)c2)CC[C@@H]1C(C)(C)C#N. The van der Waals surface area contributed by atoms with Gasteiger partial charge in [-0.1, -0.05) is 19.1 Å². The molecule has 2 N–H and O–H groups in total. The predicted molar refractivity (Wildman–Crippen MR) is 151 cm³/mol. The predicted octanol–water partition coefficient (Wildman–Crippen LogP) is 5.11. The Kier molecular flexibility index (Phi) is 8.57. The van der Waals surface area contributed by atoms with Gasteiger partial charge in [-0.2, -0.15) is 10.4 Å². The maximum Gasteiger partial charge on any atom is 0.307 e. The van der Waals surface area contributed by atoms with E-state index >= 15 is 0 Å². The molecule has 3 aromatic rings. The van der Waals surface area contributed by atoms with Crippen molar-refractivity contribution in [3.05, 3.63) is 87.1 Å². The van der Waals surface area contributed by atoms with Gasteiger partial charge in [0, 0.05) is 11.6 Å². The van der Waals surface area contributed by atoms with E-state index < -0.39 is 40.8 Å². The van der Waals surface area contributed by atoms with E-state index in [1.165, 1.54) is 18.2 Å². The molecule has 3 atom stereocenters. The van der Waals surface area contributed by atoms with Crippen LogP contribution in [-0.2, 0) is 4.79 Å². The summed E-state index contributed by atoms with van der Waals surface area (Å²) in [6.45, 7) is 8.86. The third kappa shape index (κ3) is 6.30. The summed E-state index contributed by atoms with van der Waals surface area (Å²) in [6, 6.07) is 13.1. The van der Waals surface area contributed by atoms with Gasteiger partial charge in [0.25, 0.3) is 5.91 Å². The lowest BCUT2D eigenvalue weighted by molar-refractivity contribution is -0.138. The minimum atomic E-state index is -0.858. The van der Waals surface area contributed by atoms with Crippen molar-refractivity contribution in [2.24, 2.45) is 5.41 Å². The van der Waals surface area contributed by atoms with E-state index in [4.69, 9.17) is 4.74 Å². The molecule has 2 heterocycles. The number of H-pyrrole nitrogens is 1. The molecule has 10 heteroatoms. The molecular weight excluding hydrogens is 525 g/mol. The minimum absolute atomic E-state index is 0.0859. The fourth-order valence-corrected chi connectivity index (χ4v) is 5.28. The van der Waals surface area contributed by atoms with Gasteiger partial charge in [0.05, 0.1) is 29.3 Å². The van der Waals surface area contributed by atoms with Gasteiger partial charge in [-0.15, -0.1) is 0 Å². The lowest BCUT2D eigenvalue weighted by atomic mass is 9.84. The average molecular weight is 560 g/mol. The van der Waals surface area contributed by atoms with Crippen LogP contribution in [0, 0.1) is 36.4 Å². The number of nitriles is 1. The van der Waals surface area contributed by atoms with E-state index in [-0.39, 0.29) is 11.7 Å². The number of hydrogen-bond acceptors (Lipinski definition) is 6.